The van der Waals surface area contributed by atoms with Crippen LogP contribution in [0.1, 0.15) is 32.7 Å². The molecule has 1 fully saturated rings. The van der Waals surface area contributed by atoms with Gasteiger partial charge in [0.1, 0.15) is 5.02 Å². The smallest absolute Gasteiger partial charge is 0.287 e. The van der Waals surface area contributed by atoms with E-state index in [2.05, 4.69) is 10.4 Å². The average Bonchev–Trinajstić information content (AvgIpc) is 3.05. The van der Waals surface area contributed by atoms with Crippen LogP contribution < -0.4 is 10.9 Å². The predicted molar refractivity (Wildman–Crippen MR) is 66.6 cm³/mol. The van der Waals surface area contributed by atoms with E-state index >= 15 is 0 Å². The van der Waals surface area contributed by atoms with Crippen molar-refractivity contribution < 1.29 is 5.11 Å². The second-order valence-electron chi connectivity index (χ2n) is 4.78. The molecule has 6 heteroatoms. The summed E-state index contributed by atoms with van der Waals surface area (Å²) in [5, 5.41) is 16.5. The largest absolute Gasteiger partial charge is 0.394 e. The molecule has 0 atom stereocenters. The summed E-state index contributed by atoms with van der Waals surface area (Å²) in [6, 6.07) is -0.0261. The van der Waals surface area contributed by atoms with Gasteiger partial charge >= 0.3 is 0 Å². The van der Waals surface area contributed by atoms with Crippen molar-refractivity contribution in [2.45, 2.75) is 38.3 Å². The third kappa shape index (κ3) is 2.30. The van der Waals surface area contributed by atoms with Crippen LogP contribution in [-0.4, -0.2) is 27.0 Å². The molecule has 5 nitrogen and oxygen atoms in total. The zero-order valence-electron chi connectivity index (χ0n) is 9.90. The quantitative estimate of drug-likeness (QED) is 0.856. The van der Waals surface area contributed by atoms with Crippen LogP contribution in [0.15, 0.2) is 11.0 Å². The van der Waals surface area contributed by atoms with Gasteiger partial charge in [0.05, 0.1) is 30.1 Å². The first-order valence-corrected chi connectivity index (χ1v) is 6.03. The zero-order chi connectivity index (χ0) is 12.6. The molecule has 0 saturated heterocycles. The lowest BCUT2D eigenvalue weighted by Gasteiger charge is -2.17. The highest BCUT2D eigenvalue weighted by Gasteiger charge is 2.42. The first-order chi connectivity index (χ1) is 7.99. The van der Waals surface area contributed by atoms with Crippen molar-refractivity contribution in [2.24, 2.45) is 0 Å². The standard InChI is InChI=1S/C11H16ClN3O2/c1-7(2)15-10(17)9(12)8(5-13-15)14-11(6-16)3-4-11/h5,7,14,16H,3-4,6H2,1-2H3. The van der Waals surface area contributed by atoms with Gasteiger partial charge in [-0.1, -0.05) is 11.6 Å². The number of rotatable bonds is 4. The van der Waals surface area contributed by atoms with E-state index in [0.29, 0.717) is 5.69 Å². The summed E-state index contributed by atoms with van der Waals surface area (Å²) in [5.41, 5.74) is -0.109. The van der Waals surface area contributed by atoms with Gasteiger partial charge in [0.25, 0.3) is 5.56 Å². The fraction of sp³-hybridized carbons (Fsp3) is 0.636. The summed E-state index contributed by atoms with van der Waals surface area (Å²) in [5.74, 6) is 0. The molecule has 94 valence electrons. The van der Waals surface area contributed by atoms with Gasteiger partial charge in [-0.25, -0.2) is 4.68 Å². The lowest BCUT2D eigenvalue weighted by Crippen LogP contribution is -2.30. The Kier molecular flexibility index (Phi) is 3.14. The van der Waals surface area contributed by atoms with E-state index in [-0.39, 0.29) is 28.8 Å². The number of aliphatic hydroxyl groups is 1. The molecule has 0 aliphatic heterocycles. The number of nitrogens with one attached hydrogen (secondary N) is 1. The predicted octanol–water partition coefficient (Wildman–Crippen LogP) is 1.41. The molecular weight excluding hydrogens is 242 g/mol. The van der Waals surface area contributed by atoms with E-state index in [0.717, 1.165) is 12.8 Å². The van der Waals surface area contributed by atoms with Gasteiger partial charge in [-0.15, -0.1) is 0 Å². The normalized spacial score (nSPS) is 17.2. The van der Waals surface area contributed by atoms with Crippen molar-refractivity contribution in [2.75, 3.05) is 11.9 Å². The van der Waals surface area contributed by atoms with Gasteiger partial charge in [0.15, 0.2) is 0 Å². The van der Waals surface area contributed by atoms with Crippen LogP contribution in [0, 0.1) is 0 Å². The summed E-state index contributed by atoms with van der Waals surface area (Å²) in [6.45, 7) is 3.78. The van der Waals surface area contributed by atoms with Crippen molar-refractivity contribution in [3.8, 4) is 0 Å². The first kappa shape index (κ1) is 12.4. The van der Waals surface area contributed by atoms with E-state index in [9.17, 15) is 9.90 Å². The Morgan fingerprint density at radius 3 is 2.76 bits per heavy atom. The minimum atomic E-state index is -0.305. The molecular formula is C11H16ClN3O2. The van der Waals surface area contributed by atoms with E-state index < -0.39 is 0 Å². The molecule has 0 unspecified atom stereocenters. The molecule has 0 bridgehead atoms. The molecule has 17 heavy (non-hydrogen) atoms. The van der Waals surface area contributed by atoms with Gasteiger partial charge in [0.2, 0.25) is 0 Å². The number of aliphatic hydroxyl groups excluding tert-OH is 1. The molecule has 1 aromatic rings. The molecule has 1 aromatic heterocycles. The third-order valence-corrected chi connectivity index (χ3v) is 3.35. The molecule has 1 aliphatic carbocycles. The molecule has 1 aliphatic rings. The number of nitrogens with zero attached hydrogens (tertiary/aromatic N) is 2. The Morgan fingerprint density at radius 1 is 1.65 bits per heavy atom. The second-order valence-corrected chi connectivity index (χ2v) is 5.16. The van der Waals surface area contributed by atoms with Gasteiger partial charge < -0.3 is 10.4 Å². The summed E-state index contributed by atoms with van der Waals surface area (Å²) < 4.78 is 1.34. The van der Waals surface area contributed by atoms with E-state index in [1.54, 1.807) is 6.20 Å². The Balaban J connectivity index is 2.31. The van der Waals surface area contributed by atoms with Crippen molar-refractivity contribution >= 4 is 17.3 Å². The van der Waals surface area contributed by atoms with Crippen LogP contribution in [0.2, 0.25) is 5.02 Å². The van der Waals surface area contributed by atoms with Gasteiger partial charge in [0, 0.05) is 0 Å². The van der Waals surface area contributed by atoms with Crippen LogP contribution >= 0.6 is 11.6 Å². The topological polar surface area (TPSA) is 67.2 Å². The minimum absolute atomic E-state index is 0.0261. The highest BCUT2D eigenvalue weighted by Crippen LogP contribution is 2.39. The third-order valence-electron chi connectivity index (χ3n) is 2.99. The molecule has 0 radical (unpaired) electrons. The second kappa shape index (κ2) is 4.31. The number of anilines is 1. The lowest BCUT2D eigenvalue weighted by atomic mass is 10.2. The summed E-state index contributed by atoms with van der Waals surface area (Å²) in [6.07, 6.45) is 3.31. The highest BCUT2D eigenvalue weighted by molar-refractivity contribution is 6.33. The van der Waals surface area contributed by atoms with Crippen molar-refractivity contribution in [3.05, 3.63) is 21.6 Å². The van der Waals surface area contributed by atoms with Gasteiger partial charge in [-0.2, -0.15) is 5.10 Å². The SMILES string of the molecule is CC(C)n1ncc(NC2(CO)CC2)c(Cl)c1=O. The maximum Gasteiger partial charge on any atom is 0.287 e. The van der Waals surface area contributed by atoms with Crippen molar-refractivity contribution in [1.29, 1.82) is 0 Å². The highest BCUT2D eigenvalue weighted by atomic mass is 35.5. The Morgan fingerprint density at radius 2 is 2.29 bits per heavy atom. The van der Waals surface area contributed by atoms with Crippen LogP contribution in [0.5, 0.6) is 0 Å². The molecule has 2 rings (SSSR count). The van der Waals surface area contributed by atoms with Crippen molar-refractivity contribution in [1.82, 2.24) is 9.78 Å². The summed E-state index contributed by atoms with van der Waals surface area (Å²) in [7, 11) is 0. The van der Waals surface area contributed by atoms with E-state index in [1.807, 2.05) is 13.8 Å². The maximum absolute atomic E-state index is 11.9. The molecule has 0 aromatic carbocycles. The molecule has 1 saturated carbocycles. The molecule has 2 N–H and O–H groups in total. The molecule has 0 amide bonds. The summed E-state index contributed by atoms with van der Waals surface area (Å²) in [4.78, 5) is 11.9. The fourth-order valence-corrected chi connectivity index (χ4v) is 1.84. The first-order valence-electron chi connectivity index (χ1n) is 5.65. The Labute approximate surface area is 104 Å². The zero-order valence-corrected chi connectivity index (χ0v) is 10.7. The van der Waals surface area contributed by atoms with Crippen LogP contribution in [0.3, 0.4) is 0 Å². The number of aromatic nitrogens is 2. The van der Waals surface area contributed by atoms with Crippen molar-refractivity contribution in [3.63, 3.8) is 0 Å². The van der Waals surface area contributed by atoms with E-state index in [4.69, 9.17) is 11.6 Å². The van der Waals surface area contributed by atoms with Crippen LogP contribution in [-0.2, 0) is 0 Å². The van der Waals surface area contributed by atoms with Gasteiger partial charge in [-0.05, 0) is 26.7 Å². The Bertz CT molecular complexity index is 480. The number of hydrogen-bond donors (Lipinski definition) is 2. The minimum Gasteiger partial charge on any atom is -0.394 e. The molecule has 1 heterocycles. The fourth-order valence-electron chi connectivity index (χ4n) is 1.66. The number of hydrogen-bond acceptors (Lipinski definition) is 4. The monoisotopic (exact) mass is 257 g/mol. The average molecular weight is 258 g/mol. The molecule has 0 spiro atoms. The van der Waals surface area contributed by atoms with Crippen LogP contribution in [0.25, 0.3) is 0 Å². The lowest BCUT2D eigenvalue weighted by molar-refractivity contribution is 0.266. The Hall–Kier alpha value is -1.07. The number of halogens is 1. The maximum atomic E-state index is 11.9. The summed E-state index contributed by atoms with van der Waals surface area (Å²) >= 11 is 6.02. The van der Waals surface area contributed by atoms with Crippen LogP contribution in [0.4, 0.5) is 5.69 Å². The van der Waals surface area contributed by atoms with Gasteiger partial charge in [-0.3, -0.25) is 4.79 Å². The van der Waals surface area contributed by atoms with E-state index in [1.165, 1.54) is 4.68 Å².